The average Bonchev–Trinajstić information content (AvgIpc) is 3.10. The molecule has 2 aromatic rings. The van der Waals surface area contributed by atoms with Crippen molar-refractivity contribution in [3.63, 3.8) is 0 Å². The van der Waals surface area contributed by atoms with Crippen LogP contribution >= 0.6 is 11.8 Å². The second-order valence-electron chi connectivity index (χ2n) is 4.58. The van der Waals surface area contributed by atoms with Crippen LogP contribution in [0.4, 0.5) is 0 Å². The molecule has 0 N–H and O–H groups in total. The van der Waals surface area contributed by atoms with Crippen LogP contribution in [-0.2, 0) is 6.42 Å². The highest BCUT2D eigenvalue weighted by atomic mass is 32.2. The maximum absolute atomic E-state index is 9.43. The Bertz CT molecular complexity index is 595. The topological polar surface area (TPSA) is 67.4 Å². The van der Waals surface area contributed by atoms with Crippen molar-refractivity contribution in [2.45, 2.75) is 24.0 Å². The molecule has 1 fully saturated rings. The van der Waals surface area contributed by atoms with E-state index >= 15 is 0 Å². The molecule has 1 saturated heterocycles. The number of nitriles is 1. The van der Waals surface area contributed by atoms with Crippen molar-refractivity contribution < 1.29 is 0 Å². The van der Waals surface area contributed by atoms with Crippen molar-refractivity contribution in [2.24, 2.45) is 0 Å². The van der Waals surface area contributed by atoms with Gasteiger partial charge in [0.25, 0.3) is 0 Å². The summed E-state index contributed by atoms with van der Waals surface area (Å²) in [5.41, 5.74) is 0.929. The first-order chi connectivity index (χ1) is 9.33. The van der Waals surface area contributed by atoms with E-state index in [9.17, 15) is 5.26 Å². The lowest BCUT2D eigenvalue weighted by Crippen LogP contribution is -2.24. The molecule has 1 aromatic heterocycles. The first-order valence-electron chi connectivity index (χ1n) is 6.21. The summed E-state index contributed by atoms with van der Waals surface area (Å²) in [7, 11) is 0. The zero-order valence-electron chi connectivity index (χ0n) is 10.4. The predicted molar refractivity (Wildman–Crippen MR) is 72.9 cm³/mol. The van der Waals surface area contributed by atoms with E-state index in [1.54, 1.807) is 16.4 Å². The van der Waals surface area contributed by atoms with Crippen LogP contribution < -0.4 is 0 Å². The zero-order valence-corrected chi connectivity index (χ0v) is 11.2. The second-order valence-corrected chi connectivity index (χ2v) is 6.06. The maximum atomic E-state index is 9.43. The smallest absolute Gasteiger partial charge is 0.159 e. The van der Waals surface area contributed by atoms with Crippen molar-refractivity contribution in [1.82, 2.24) is 20.2 Å². The molecule has 3 rings (SSSR count). The summed E-state index contributed by atoms with van der Waals surface area (Å²) in [6, 6.07) is 12.2. The number of hydrogen-bond acceptors (Lipinski definition) is 5. The molecule has 96 valence electrons. The monoisotopic (exact) mass is 271 g/mol. The van der Waals surface area contributed by atoms with Gasteiger partial charge in [0.1, 0.15) is 4.75 Å². The van der Waals surface area contributed by atoms with Gasteiger partial charge in [-0.15, -0.1) is 16.9 Å². The largest absolute Gasteiger partial charge is 0.197 e. The molecule has 0 spiro atoms. The van der Waals surface area contributed by atoms with E-state index in [4.69, 9.17) is 0 Å². The van der Waals surface area contributed by atoms with Crippen LogP contribution in [-0.4, -0.2) is 30.7 Å². The standard InChI is InChI=1S/C13H13N5S/c14-10-13(7-4-8-19-13)9-12-15-16-17-18(12)11-5-2-1-3-6-11/h1-3,5-6H,4,7-9H2. The predicted octanol–water partition coefficient (Wildman–Crippen LogP) is 1.99. The Balaban J connectivity index is 1.91. The first kappa shape index (κ1) is 12.2. The van der Waals surface area contributed by atoms with E-state index in [-0.39, 0.29) is 4.75 Å². The molecule has 1 atom stereocenters. The van der Waals surface area contributed by atoms with Crippen LogP contribution in [0.5, 0.6) is 0 Å². The molecule has 2 heterocycles. The molecule has 1 aliphatic rings. The van der Waals surface area contributed by atoms with Gasteiger partial charge < -0.3 is 0 Å². The van der Waals surface area contributed by atoms with Crippen molar-refractivity contribution in [2.75, 3.05) is 5.75 Å². The third-order valence-electron chi connectivity index (χ3n) is 3.29. The SMILES string of the molecule is N#CC1(Cc2nnnn2-c2ccccc2)CCCS1. The third-order valence-corrected chi connectivity index (χ3v) is 4.77. The third kappa shape index (κ3) is 2.34. The summed E-state index contributed by atoms with van der Waals surface area (Å²) >= 11 is 1.72. The van der Waals surface area contributed by atoms with E-state index in [1.807, 2.05) is 30.3 Å². The van der Waals surface area contributed by atoms with E-state index in [0.717, 1.165) is 30.1 Å². The Kier molecular flexibility index (Phi) is 3.22. The quantitative estimate of drug-likeness (QED) is 0.854. The highest BCUT2D eigenvalue weighted by Crippen LogP contribution is 2.39. The van der Waals surface area contributed by atoms with E-state index in [2.05, 4.69) is 21.6 Å². The molecule has 1 unspecified atom stereocenters. The summed E-state index contributed by atoms with van der Waals surface area (Å²) in [5.74, 6) is 1.79. The zero-order chi connectivity index (χ0) is 13.1. The first-order valence-corrected chi connectivity index (χ1v) is 7.19. The number of aromatic nitrogens is 4. The lowest BCUT2D eigenvalue weighted by Gasteiger charge is -2.18. The Morgan fingerprint density at radius 3 is 2.89 bits per heavy atom. The molecule has 5 nitrogen and oxygen atoms in total. The molecule has 0 bridgehead atoms. The highest BCUT2D eigenvalue weighted by Gasteiger charge is 2.36. The van der Waals surface area contributed by atoms with Crippen LogP contribution in [0.25, 0.3) is 5.69 Å². The Labute approximate surface area is 115 Å². The second kappa shape index (κ2) is 5.02. The number of rotatable bonds is 3. The van der Waals surface area contributed by atoms with Crippen molar-refractivity contribution in [1.29, 1.82) is 5.26 Å². The van der Waals surface area contributed by atoms with Crippen LogP contribution in [0.2, 0.25) is 0 Å². The molecule has 0 radical (unpaired) electrons. The summed E-state index contributed by atoms with van der Waals surface area (Å²) in [5, 5.41) is 21.3. The Morgan fingerprint density at radius 2 is 2.21 bits per heavy atom. The van der Waals surface area contributed by atoms with Crippen molar-refractivity contribution in [3.05, 3.63) is 36.2 Å². The van der Waals surface area contributed by atoms with Gasteiger partial charge in [0.05, 0.1) is 11.8 Å². The molecule has 0 saturated carbocycles. The Morgan fingerprint density at radius 1 is 1.37 bits per heavy atom. The van der Waals surface area contributed by atoms with Gasteiger partial charge in [-0.05, 0) is 41.2 Å². The summed E-state index contributed by atoms with van der Waals surface area (Å²) in [6.07, 6.45) is 2.59. The molecule has 1 aliphatic heterocycles. The van der Waals surface area contributed by atoms with Gasteiger partial charge in [0.15, 0.2) is 5.82 Å². The highest BCUT2D eigenvalue weighted by molar-refractivity contribution is 8.01. The van der Waals surface area contributed by atoms with Crippen molar-refractivity contribution >= 4 is 11.8 Å². The maximum Gasteiger partial charge on any atom is 0.159 e. The molecule has 6 heteroatoms. The van der Waals surface area contributed by atoms with Crippen LogP contribution in [0, 0.1) is 11.3 Å². The summed E-state index contributed by atoms with van der Waals surface area (Å²) in [6.45, 7) is 0. The summed E-state index contributed by atoms with van der Waals surface area (Å²) in [4.78, 5) is 0. The van der Waals surface area contributed by atoms with E-state index in [1.165, 1.54) is 0 Å². The molecule has 1 aromatic carbocycles. The number of hydrogen-bond donors (Lipinski definition) is 0. The number of para-hydroxylation sites is 1. The molecule has 19 heavy (non-hydrogen) atoms. The van der Waals surface area contributed by atoms with E-state index < -0.39 is 0 Å². The van der Waals surface area contributed by atoms with Crippen molar-refractivity contribution in [3.8, 4) is 11.8 Å². The minimum Gasteiger partial charge on any atom is -0.197 e. The lowest BCUT2D eigenvalue weighted by atomic mass is 10.0. The minimum absolute atomic E-state index is 0.360. The number of nitrogens with zero attached hydrogens (tertiary/aromatic N) is 5. The van der Waals surface area contributed by atoms with Gasteiger partial charge in [-0.2, -0.15) is 9.94 Å². The van der Waals surface area contributed by atoms with Gasteiger partial charge in [0.2, 0.25) is 0 Å². The van der Waals surface area contributed by atoms with Gasteiger partial charge >= 0.3 is 0 Å². The Hall–Kier alpha value is -1.87. The fraction of sp³-hybridized carbons (Fsp3) is 0.385. The van der Waals surface area contributed by atoms with Crippen LogP contribution in [0.1, 0.15) is 18.7 Å². The fourth-order valence-corrected chi connectivity index (χ4v) is 3.57. The van der Waals surface area contributed by atoms with E-state index in [0.29, 0.717) is 6.42 Å². The number of tetrazole rings is 1. The van der Waals surface area contributed by atoms with Gasteiger partial charge in [0, 0.05) is 6.42 Å². The van der Waals surface area contributed by atoms with Crippen LogP contribution in [0.15, 0.2) is 30.3 Å². The normalized spacial score (nSPS) is 22.3. The number of benzene rings is 1. The van der Waals surface area contributed by atoms with Gasteiger partial charge in [-0.3, -0.25) is 0 Å². The lowest BCUT2D eigenvalue weighted by molar-refractivity contribution is 0.633. The molecule has 0 aliphatic carbocycles. The number of thioether (sulfide) groups is 1. The molecular weight excluding hydrogens is 258 g/mol. The molecule has 0 amide bonds. The molecular formula is C13H13N5S. The van der Waals surface area contributed by atoms with Crippen LogP contribution in [0.3, 0.4) is 0 Å². The fourth-order valence-electron chi connectivity index (χ4n) is 2.31. The van der Waals surface area contributed by atoms with Gasteiger partial charge in [-0.1, -0.05) is 18.2 Å². The minimum atomic E-state index is -0.360. The average molecular weight is 271 g/mol. The summed E-state index contributed by atoms with van der Waals surface area (Å²) < 4.78 is 1.36. The van der Waals surface area contributed by atoms with Gasteiger partial charge in [-0.25, -0.2) is 0 Å².